The van der Waals surface area contributed by atoms with Gasteiger partial charge in [-0.25, -0.2) is 9.37 Å². The molecule has 2 nitrogen and oxygen atoms in total. The maximum absolute atomic E-state index is 14.5. The van der Waals surface area contributed by atoms with E-state index in [-0.39, 0.29) is 11.2 Å². The smallest absolute Gasteiger partial charge is 0.213 e. The summed E-state index contributed by atoms with van der Waals surface area (Å²) in [5, 5.41) is 0. The number of methoxy groups -OCH3 is 1. The van der Waals surface area contributed by atoms with Crippen molar-refractivity contribution in [2.45, 2.75) is 32.6 Å². The predicted octanol–water partition coefficient (Wildman–Crippen LogP) is 5.84. The summed E-state index contributed by atoms with van der Waals surface area (Å²) >= 11 is 6.03. The van der Waals surface area contributed by atoms with Gasteiger partial charge < -0.3 is 4.74 Å². The highest BCUT2D eigenvalue weighted by Crippen LogP contribution is 2.47. The summed E-state index contributed by atoms with van der Waals surface area (Å²) in [6.07, 6.45) is 5.60. The van der Waals surface area contributed by atoms with Crippen LogP contribution in [0, 0.1) is 11.2 Å². The van der Waals surface area contributed by atoms with E-state index in [4.69, 9.17) is 16.3 Å². The fourth-order valence-corrected chi connectivity index (χ4v) is 3.50. The van der Waals surface area contributed by atoms with Gasteiger partial charge in [-0.05, 0) is 46.6 Å². The van der Waals surface area contributed by atoms with Crippen molar-refractivity contribution in [1.29, 1.82) is 0 Å². The number of nitrogens with zero attached hydrogens (tertiary/aromatic N) is 1. The molecule has 0 atom stereocenters. The predicted molar refractivity (Wildman–Crippen MR) is 96.7 cm³/mol. The van der Waals surface area contributed by atoms with Gasteiger partial charge in [-0.15, -0.1) is 11.6 Å². The molecule has 0 saturated heterocycles. The minimum atomic E-state index is -0.355. The maximum atomic E-state index is 14.5. The Hall–Kier alpha value is -1.87. The van der Waals surface area contributed by atoms with Gasteiger partial charge in [0.1, 0.15) is 5.82 Å². The van der Waals surface area contributed by atoms with Crippen LogP contribution in [-0.2, 0) is 5.88 Å². The molecule has 1 aromatic carbocycles. The van der Waals surface area contributed by atoms with Gasteiger partial charge >= 0.3 is 0 Å². The zero-order valence-electron chi connectivity index (χ0n) is 14.2. The van der Waals surface area contributed by atoms with Crippen molar-refractivity contribution >= 4 is 17.2 Å². The van der Waals surface area contributed by atoms with Crippen LogP contribution in [0.3, 0.4) is 0 Å². The Morgan fingerprint density at radius 2 is 2.00 bits per heavy atom. The van der Waals surface area contributed by atoms with Crippen LogP contribution in [0.5, 0.6) is 5.88 Å². The molecule has 0 unspecified atom stereocenters. The van der Waals surface area contributed by atoms with Gasteiger partial charge in [0, 0.05) is 17.5 Å². The van der Waals surface area contributed by atoms with E-state index in [1.165, 1.54) is 18.9 Å². The molecule has 0 bridgehead atoms. The van der Waals surface area contributed by atoms with Crippen LogP contribution in [0.4, 0.5) is 4.39 Å². The Morgan fingerprint density at radius 1 is 1.21 bits per heavy atom. The summed E-state index contributed by atoms with van der Waals surface area (Å²) in [6.45, 7) is 4.46. The number of ether oxygens (including phenoxy) is 1. The van der Waals surface area contributed by atoms with E-state index in [0.717, 1.165) is 29.5 Å². The fraction of sp³-hybridized carbons (Fsp3) is 0.350. The maximum Gasteiger partial charge on any atom is 0.213 e. The summed E-state index contributed by atoms with van der Waals surface area (Å²) in [5.41, 5.74) is 4.74. The van der Waals surface area contributed by atoms with Crippen LogP contribution in [0.1, 0.15) is 37.8 Å². The monoisotopic (exact) mass is 345 g/mol. The molecule has 0 saturated carbocycles. The average Bonchev–Trinajstić information content (AvgIpc) is 2.94. The molecule has 1 aliphatic rings. The molecule has 24 heavy (non-hydrogen) atoms. The second-order valence-electron chi connectivity index (χ2n) is 6.76. The molecule has 1 aliphatic carbocycles. The molecule has 0 N–H and O–H groups in total. The molecule has 1 aromatic heterocycles. The first-order valence-corrected chi connectivity index (χ1v) is 8.59. The van der Waals surface area contributed by atoms with Crippen LogP contribution in [-0.4, -0.2) is 12.1 Å². The van der Waals surface area contributed by atoms with Crippen molar-refractivity contribution in [3.05, 3.63) is 53.5 Å². The third-order valence-electron chi connectivity index (χ3n) is 4.70. The standard InChI is InChI=1S/C20H21ClFNO/c1-20(2)8-4-5-17(20)15-9-13(11-21)6-7-14(15)16-10-19(24-3)23-12-18(16)22/h5-7,9-10,12H,4,8,11H2,1-3H3. The van der Waals surface area contributed by atoms with Gasteiger partial charge in [0.25, 0.3) is 0 Å². The van der Waals surface area contributed by atoms with Crippen LogP contribution in [0.25, 0.3) is 16.7 Å². The number of hydrogen-bond acceptors (Lipinski definition) is 2. The molecule has 2 aromatic rings. The first-order valence-electron chi connectivity index (χ1n) is 8.06. The SMILES string of the molecule is COc1cc(-c2ccc(CCl)cc2C2=CCCC2(C)C)c(F)cn1. The Balaban J connectivity index is 2.22. The summed E-state index contributed by atoms with van der Waals surface area (Å²) < 4.78 is 19.6. The number of allylic oxidation sites excluding steroid dienone is 2. The van der Waals surface area contributed by atoms with Gasteiger partial charge in [-0.1, -0.05) is 32.1 Å². The van der Waals surface area contributed by atoms with Crippen molar-refractivity contribution in [2.75, 3.05) is 7.11 Å². The molecule has 3 rings (SSSR count). The van der Waals surface area contributed by atoms with E-state index in [1.54, 1.807) is 6.07 Å². The average molecular weight is 346 g/mol. The second kappa shape index (κ2) is 6.56. The van der Waals surface area contributed by atoms with Gasteiger partial charge in [0.2, 0.25) is 5.88 Å². The van der Waals surface area contributed by atoms with E-state index < -0.39 is 0 Å². The number of rotatable bonds is 4. The van der Waals surface area contributed by atoms with Crippen LogP contribution >= 0.6 is 11.6 Å². The molecule has 4 heteroatoms. The van der Waals surface area contributed by atoms with Crippen molar-refractivity contribution < 1.29 is 9.13 Å². The third kappa shape index (κ3) is 3.05. The number of hydrogen-bond donors (Lipinski definition) is 0. The molecular formula is C20H21ClFNO. The fourth-order valence-electron chi connectivity index (χ4n) is 3.33. The molecule has 126 valence electrons. The van der Waals surface area contributed by atoms with Crippen molar-refractivity contribution in [2.24, 2.45) is 5.41 Å². The Bertz CT molecular complexity index is 798. The van der Waals surface area contributed by atoms with Gasteiger partial charge in [0.15, 0.2) is 0 Å². The first-order chi connectivity index (χ1) is 11.5. The van der Waals surface area contributed by atoms with E-state index in [1.807, 2.05) is 12.1 Å². The number of pyridine rings is 1. The Morgan fingerprint density at radius 3 is 2.62 bits per heavy atom. The van der Waals surface area contributed by atoms with Gasteiger partial charge in [0.05, 0.1) is 13.3 Å². The number of benzene rings is 1. The summed E-state index contributed by atoms with van der Waals surface area (Å²) in [7, 11) is 1.53. The van der Waals surface area contributed by atoms with Crippen molar-refractivity contribution in [3.8, 4) is 17.0 Å². The summed E-state index contributed by atoms with van der Waals surface area (Å²) in [6, 6.07) is 7.62. The molecular weight excluding hydrogens is 325 g/mol. The summed E-state index contributed by atoms with van der Waals surface area (Å²) in [4.78, 5) is 3.94. The molecule has 0 amide bonds. The highest BCUT2D eigenvalue weighted by atomic mass is 35.5. The second-order valence-corrected chi connectivity index (χ2v) is 7.03. The van der Waals surface area contributed by atoms with E-state index in [9.17, 15) is 4.39 Å². The first kappa shape index (κ1) is 17.0. The minimum Gasteiger partial charge on any atom is -0.481 e. The van der Waals surface area contributed by atoms with Crippen LogP contribution in [0.2, 0.25) is 0 Å². The molecule has 0 spiro atoms. The largest absolute Gasteiger partial charge is 0.481 e. The lowest BCUT2D eigenvalue weighted by Crippen LogP contribution is -2.10. The molecule has 0 radical (unpaired) electrons. The third-order valence-corrected chi connectivity index (χ3v) is 5.01. The van der Waals surface area contributed by atoms with E-state index >= 15 is 0 Å². The zero-order valence-corrected chi connectivity index (χ0v) is 15.0. The lowest BCUT2D eigenvalue weighted by Gasteiger charge is -2.25. The van der Waals surface area contributed by atoms with Crippen LogP contribution < -0.4 is 4.74 Å². The van der Waals surface area contributed by atoms with Crippen molar-refractivity contribution in [3.63, 3.8) is 0 Å². The van der Waals surface area contributed by atoms with E-state index in [2.05, 4.69) is 31.0 Å². The van der Waals surface area contributed by atoms with Gasteiger partial charge in [-0.2, -0.15) is 0 Å². The normalized spacial score (nSPS) is 16.1. The molecule has 1 heterocycles. The lowest BCUT2D eigenvalue weighted by molar-refractivity contribution is 0.396. The zero-order chi connectivity index (χ0) is 17.3. The minimum absolute atomic E-state index is 0.0628. The highest BCUT2D eigenvalue weighted by Gasteiger charge is 2.30. The van der Waals surface area contributed by atoms with Crippen LogP contribution in [0.15, 0.2) is 36.5 Å². The quantitative estimate of drug-likeness (QED) is 0.649. The number of halogens is 2. The molecule has 0 aliphatic heterocycles. The topological polar surface area (TPSA) is 22.1 Å². The lowest BCUT2D eigenvalue weighted by atomic mass is 9.79. The Kier molecular flexibility index (Phi) is 4.64. The Labute approximate surface area is 147 Å². The summed E-state index contributed by atoms with van der Waals surface area (Å²) in [5.74, 6) is 0.480. The van der Waals surface area contributed by atoms with Gasteiger partial charge in [-0.3, -0.25) is 0 Å². The highest BCUT2D eigenvalue weighted by molar-refractivity contribution is 6.17. The number of alkyl halides is 1. The molecule has 0 fully saturated rings. The van der Waals surface area contributed by atoms with E-state index in [0.29, 0.717) is 17.3 Å². The van der Waals surface area contributed by atoms with Crippen molar-refractivity contribution in [1.82, 2.24) is 4.98 Å². The number of aromatic nitrogens is 1.